The summed E-state index contributed by atoms with van der Waals surface area (Å²) in [6, 6.07) is 7.01. The van der Waals surface area contributed by atoms with E-state index < -0.39 is 10.8 Å². The lowest BCUT2D eigenvalue weighted by molar-refractivity contribution is 0.0600. The highest BCUT2D eigenvalue weighted by Gasteiger charge is 2.09. The SMILES string of the molecule is COC(=O)c1ccc(Cn2cnnc2[S@@](C)=O)cc1. The average molecular weight is 279 g/mol. The molecule has 0 aliphatic rings. The van der Waals surface area contributed by atoms with Crippen molar-refractivity contribution >= 4 is 16.8 Å². The fourth-order valence-electron chi connectivity index (χ4n) is 1.64. The molecule has 0 saturated carbocycles. The van der Waals surface area contributed by atoms with Crippen molar-refractivity contribution in [1.82, 2.24) is 14.8 Å². The minimum absolute atomic E-state index is 0.369. The van der Waals surface area contributed by atoms with Gasteiger partial charge in [0.25, 0.3) is 0 Å². The minimum atomic E-state index is -1.18. The molecule has 0 N–H and O–H groups in total. The van der Waals surface area contributed by atoms with Crippen LogP contribution < -0.4 is 0 Å². The highest BCUT2D eigenvalue weighted by Crippen LogP contribution is 2.09. The fraction of sp³-hybridized carbons (Fsp3) is 0.250. The third kappa shape index (κ3) is 3.05. The topological polar surface area (TPSA) is 74.1 Å². The normalized spacial score (nSPS) is 12.1. The van der Waals surface area contributed by atoms with Crippen LogP contribution in [0.25, 0.3) is 0 Å². The molecular weight excluding hydrogens is 266 g/mol. The Bertz CT molecular complexity index is 607. The second-order valence-corrected chi connectivity index (χ2v) is 5.16. The highest BCUT2D eigenvalue weighted by molar-refractivity contribution is 7.84. The molecule has 0 spiro atoms. The summed E-state index contributed by atoms with van der Waals surface area (Å²) in [7, 11) is 0.163. The molecule has 1 atom stereocenters. The maximum atomic E-state index is 11.4. The lowest BCUT2D eigenvalue weighted by atomic mass is 10.1. The lowest BCUT2D eigenvalue weighted by Gasteiger charge is -2.05. The van der Waals surface area contributed by atoms with Crippen molar-refractivity contribution in [3.05, 3.63) is 41.7 Å². The summed E-state index contributed by atoms with van der Waals surface area (Å²) in [5, 5.41) is 7.98. The molecule has 0 radical (unpaired) electrons. The van der Waals surface area contributed by atoms with Gasteiger partial charge in [-0.3, -0.25) is 4.21 Å². The van der Waals surface area contributed by atoms with Crippen molar-refractivity contribution in [2.45, 2.75) is 11.7 Å². The Kier molecular flexibility index (Phi) is 4.06. The first kappa shape index (κ1) is 13.4. The molecule has 2 rings (SSSR count). The van der Waals surface area contributed by atoms with Gasteiger partial charge in [-0.1, -0.05) is 12.1 Å². The van der Waals surface area contributed by atoms with Gasteiger partial charge in [0.05, 0.1) is 30.0 Å². The largest absolute Gasteiger partial charge is 0.465 e. The molecule has 0 unspecified atom stereocenters. The van der Waals surface area contributed by atoms with Crippen LogP contribution in [0.15, 0.2) is 35.7 Å². The number of carbonyl (C=O) groups excluding carboxylic acids is 1. The number of rotatable bonds is 4. The first-order valence-corrected chi connectivity index (χ1v) is 7.06. The van der Waals surface area contributed by atoms with E-state index in [4.69, 9.17) is 0 Å². The van der Waals surface area contributed by atoms with Crippen LogP contribution in [0.2, 0.25) is 0 Å². The smallest absolute Gasteiger partial charge is 0.337 e. The summed E-state index contributed by atoms with van der Waals surface area (Å²) in [5.74, 6) is -0.369. The highest BCUT2D eigenvalue weighted by atomic mass is 32.2. The number of nitrogens with zero attached hydrogens (tertiary/aromatic N) is 3. The van der Waals surface area contributed by atoms with E-state index in [1.54, 1.807) is 23.0 Å². The Hall–Kier alpha value is -2.02. The molecular formula is C12H13N3O3S. The van der Waals surface area contributed by atoms with Gasteiger partial charge in [0.15, 0.2) is 0 Å². The lowest BCUT2D eigenvalue weighted by Crippen LogP contribution is -2.06. The number of benzene rings is 1. The van der Waals surface area contributed by atoms with E-state index in [1.165, 1.54) is 13.4 Å². The van der Waals surface area contributed by atoms with Crippen LogP contribution in [0.3, 0.4) is 0 Å². The van der Waals surface area contributed by atoms with Gasteiger partial charge >= 0.3 is 5.97 Å². The predicted molar refractivity (Wildman–Crippen MR) is 69.2 cm³/mol. The third-order valence-electron chi connectivity index (χ3n) is 2.57. The Balaban J connectivity index is 2.17. The summed E-state index contributed by atoms with van der Waals surface area (Å²) in [4.78, 5) is 11.3. The number of esters is 1. The number of carbonyl (C=O) groups is 1. The van der Waals surface area contributed by atoms with Gasteiger partial charge in [-0.2, -0.15) is 0 Å². The molecule has 2 aromatic rings. The van der Waals surface area contributed by atoms with E-state index in [0.717, 1.165) is 5.56 Å². The molecule has 7 heteroatoms. The Morgan fingerprint density at radius 2 is 2.05 bits per heavy atom. The Morgan fingerprint density at radius 1 is 1.37 bits per heavy atom. The monoisotopic (exact) mass is 279 g/mol. The van der Waals surface area contributed by atoms with Crippen LogP contribution in [0.4, 0.5) is 0 Å². The number of hydrogen-bond acceptors (Lipinski definition) is 5. The first-order chi connectivity index (χ1) is 9.11. The van der Waals surface area contributed by atoms with Crippen molar-refractivity contribution in [3.63, 3.8) is 0 Å². The first-order valence-electron chi connectivity index (χ1n) is 5.50. The molecule has 1 heterocycles. The van der Waals surface area contributed by atoms with E-state index in [2.05, 4.69) is 14.9 Å². The molecule has 0 aliphatic carbocycles. The van der Waals surface area contributed by atoms with Crippen molar-refractivity contribution in [3.8, 4) is 0 Å². The molecule has 0 aliphatic heterocycles. The number of aromatic nitrogens is 3. The van der Waals surface area contributed by atoms with Gasteiger partial charge in [0.2, 0.25) is 5.16 Å². The number of hydrogen-bond donors (Lipinski definition) is 0. The molecule has 1 aromatic heterocycles. The second kappa shape index (κ2) is 5.75. The standard InChI is InChI=1S/C12H13N3O3S/c1-18-11(16)10-5-3-9(4-6-10)7-15-8-13-14-12(15)19(2)17/h3-6,8H,7H2,1-2H3/t19-/m1/s1. The van der Waals surface area contributed by atoms with Crippen molar-refractivity contribution in [1.29, 1.82) is 0 Å². The van der Waals surface area contributed by atoms with Crippen molar-refractivity contribution < 1.29 is 13.7 Å². The molecule has 0 amide bonds. The molecule has 1 aromatic carbocycles. The maximum Gasteiger partial charge on any atom is 0.337 e. The molecule has 0 saturated heterocycles. The molecule has 100 valence electrons. The van der Waals surface area contributed by atoms with Gasteiger partial charge in [0, 0.05) is 6.26 Å². The molecule has 6 nitrogen and oxygen atoms in total. The van der Waals surface area contributed by atoms with Gasteiger partial charge in [-0.15, -0.1) is 10.2 Å². The molecule has 0 fully saturated rings. The van der Waals surface area contributed by atoms with Crippen molar-refractivity contribution in [2.24, 2.45) is 0 Å². The van der Waals surface area contributed by atoms with Gasteiger partial charge in [0.1, 0.15) is 6.33 Å². The van der Waals surface area contributed by atoms with Crippen molar-refractivity contribution in [2.75, 3.05) is 13.4 Å². The van der Waals surface area contributed by atoms with E-state index in [9.17, 15) is 9.00 Å². The molecule has 19 heavy (non-hydrogen) atoms. The minimum Gasteiger partial charge on any atom is -0.465 e. The summed E-state index contributed by atoms with van der Waals surface area (Å²) < 4.78 is 17.8. The summed E-state index contributed by atoms with van der Waals surface area (Å²) in [5.41, 5.74) is 1.45. The van der Waals surface area contributed by atoms with E-state index in [0.29, 0.717) is 17.3 Å². The summed E-state index contributed by atoms with van der Waals surface area (Å²) in [6.07, 6.45) is 3.09. The quantitative estimate of drug-likeness (QED) is 0.776. The maximum absolute atomic E-state index is 11.4. The van der Waals surface area contributed by atoms with Crippen LogP contribution in [0.5, 0.6) is 0 Å². The van der Waals surface area contributed by atoms with Crippen LogP contribution in [0.1, 0.15) is 15.9 Å². The van der Waals surface area contributed by atoms with E-state index >= 15 is 0 Å². The summed E-state index contributed by atoms with van der Waals surface area (Å²) in [6.45, 7) is 0.503. The molecule has 0 bridgehead atoms. The van der Waals surface area contributed by atoms with Crippen LogP contribution in [-0.2, 0) is 22.1 Å². The van der Waals surface area contributed by atoms with E-state index in [1.807, 2.05) is 12.1 Å². The Labute approximate surface area is 112 Å². The van der Waals surface area contributed by atoms with E-state index in [-0.39, 0.29) is 5.97 Å². The van der Waals surface area contributed by atoms with Crippen LogP contribution >= 0.6 is 0 Å². The van der Waals surface area contributed by atoms with Crippen LogP contribution in [0, 0.1) is 0 Å². The second-order valence-electron chi connectivity index (χ2n) is 3.88. The number of ether oxygens (including phenoxy) is 1. The van der Waals surface area contributed by atoms with Crippen LogP contribution in [-0.4, -0.2) is 38.3 Å². The summed E-state index contributed by atoms with van der Waals surface area (Å²) >= 11 is 0. The third-order valence-corrected chi connectivity index (χ3v) is 3.40. The number of methoxy groups -OCH3 is 1. The zero-order chi connectivity index (χ0) is 13.8. The van der Waals surface area contributed by atoms with Gasteiger partial charge in [-0.25, -0.2) is 4.79 Å². The van der Waals surface area contributed by atoms with Gasteiger partial charge in [-0.05, 0) is 17.7 Å². The fourth-order valence-corrected chi connectivity index (χ4v) is 2.24. The zero-order valence-corrected chi connectivity index (χ0v) is 11.4. The average Bonchev–Trinajstić information content (AvgIpc) is 2.87. The predicted octanol–water partition coefficient (Wildman–Crippen LogP) is 0.850. The van der Waals surface area contributed by atoms with Gasteiger partial charge < -0.3 is 9.30 Å². The zero-order valence-electron chi connectivity index (χ0n) is 10.6. The Morgan fingerprint density at radius 3 is 2.63 bits per heavy atom.